The van der Waals surface area contributed by atoms with E-state index in [1.165, 1.54) is 25.7 Å². The van der Waals surface area contributed by atoms with Crippen LogP contribution in [-0.4, -0.2) is 23.8 Å². The predicted molar refractivity (Wildman–Crippen MR) is 60.3 cm³/mol. The third kappa shape index (κ3) is 4.43. The SMILES string of the molecule is CCCC(NCCC(O)CC)C1CC1. The lowest BCUT2D eigenvalue weighted by Crippen LogP contribution is -2.33. The number of hydrogen-bond donors (Lipinski definition) is 2. The Kier molecular flexibility index (Phi) is 5.49. The average Bonchev–Trinajstić information content (AvgIpc) is 2.99. The summed E-state index contributed by atoms with van der Waals surface area (Å²) in [5, 5.41) is 13.0. The molecule has 2 nitrogen and oxygen atoms in total. The van der Waals surface area contributed by atoms with E-state index in [0.717, 1.165) is 31.3 Å². The Hall–Kier alpha value is -0.0800. The molecule has 84 valence electrons. The molecule has 2 unspecified atom stereocenters. The van der Waals surface area contributed by atoms with Gasteiger partial charge in [-0.15, -0.1) is 0 Å². The second kappa shape index (κ2) is 6.41. The summed E-state index contributed by atoms with van der Waals surface area (Å²) in [7, 11) is 0. The molecule has 0 aliphatic heterocycles. The van der Waals surface area contributed by atoms with E-state index in [4.69, 9.17) is 0 Å². The molecule has 1 saturated carbocycles. The Labute approximate surface area is 88.1 Å². The smallest absolute Gasteiger partial charge is 0.0549 e. The molecule has 2 heteroatoms. The number of aliphatic hydroxyl groups is 1. The van der Waals surface area contributed by atoms with Crippen molar-refractivity contribution in [3.05, 3.63) is 0 Å². The summed E-state index contributed by atoms with van der Waals surface area (Å²) in [6.45, 7) is 5.27. The molecule has 14 heavy (non-hydrogen) atoms. The van der Waals surface area contributed by atoms with Crippen molar-refractivity contribution in [2.75, 3.05) is 6.54 Å². The van der Waals surface area contributed by atoms with Crippen LogP contribution >= 0.6 is 0 Å². The van der Waals surface area contributed by atoms with E-state index >= 15 is 0 Å². The molecule has 1 fully saturated rings. The van der Waals surface area contributed by atoms with Crippen LogP contribution < -0.4 is 5.32 Å². The number of aliphatic hydroxyl groups excluding tert-OH is 1. The first-order valence-corrected chi connectivity index (χ1v) is 6.19. The van der Waals surface area contributed by atoms with Crippen molar-refractivity contribution in [3.63, 3.8) is 0 Å². The van der Waals surface area contributed by atoms with E-state index in [0.29, 0.717) is 0 Å². The highest BCUT2D eigenvalue weighted by atomic mass is 16.3. The predicted octanol–water partition coefficient (Wildman–Crippen LogP) is 2.32. The van der Waals surface area contributed by atoms with Crippen LogP contribution in [0.4, 0.5) is 0 Å². The quantitative estimate of drug-likeness (QED) is 0.629. The van der Waals surface area contributed by atoms with E-state index in [1.807, 2.05) is 6.92 Å². The second-order valence-electron chi connectivity index (χ2n) is 4.54. The van der Waals surface area contributed by atoms with Crippen LogP contribution in [0.1, 0.15) is 52.4 Å². The van der Waals surface area contributed by atoms with Gasteiger partial charge in [0.25, 0.3) is 0 Å². The van der Waals surface area contributed by atoms with Crippen LogP contribution in [0.15, 0.2) is 0 Å². The molecule has 1 aliphatic carbocycles. The van der Waals surface area contributed by atoms with Gasteiger partial charge in [-0.3, -0.25) is 0 Å². The Morgan fingerprint density at radius 1 is 1.29 bits per heavy atom. The van der Waals surface area contributed by atoms with Crippen LogP contribution in [0.2, 0.25) is 0 Å². The topological polar surface area (TPSA) is 32.3 Å². The highest BCUT2D eigenvalue weighted by Crippen LogP contribution is 2.34. The van der Waals surface area contributed by atoms with Gasteiger partial charge in [-0.05, 0) is 44.6 Å². The minimum Gasteiger partial charge on any atom is -0.393 e. The van der Waals surface area contributed by atoms with Crippen molar-refractivity contribution in [1.82, 2.24) is 5.32 Å². The van der Waals surface area contributed by atoms with Gasteiger partial charge in [0.2, 0.25) is 0 Å². The summed E-state index contributed by atoms with van der Waals surface area (Å²) in [5.74, 6) is 0.939. The Morgan fingerprint density at radius 2 is 2.00 bits per heavy atom. The molecular weight excluding hydrogens is 174 g/mol. The van der Waals surface area contributed by atoms with Crippen molar-refractivity contribution < 1.29 is 5.11 Å². The van der Waals surface area contributed by atoms with Gasteiger partial charge in [0.05, 0.1) is 6.10 Å². The maximum atomic E-state index is 9.41. The van der Waals surface area contributed by atoms with Gasteiger partial charge < -0.3 is 10.4 Å². The first-order chi connectivity index (χ1) is 6.77. The Morgan fingerprint density at radius 3 is 2.50 bits per heavy atom. The number of rotatable bonds is 8. The molecular formula is C12H25NO. The third-order valence-corrected chi connectivity index (χ3v) is 3.15. The average molecular weight is 199 g/mol. The molecule has 0 amide bonds. The van der Waals surface area contributed by atoms with E-state index < -0.39 is 0 Å². The van der Waals surface area contributed by atoms with Crippen molar-refractivity contribution in [1.29, 1.82) is 0 Å². The monoisotopic (exact) mass is 199 g/mol. The van der Waals surface area contributed by atoms with Crippen LogP contribution in [0.5, 0.6) is 0 Å². The zero-order valence-electron chi connectivity index (χ0n) is 9.63. The first-order valence-electron chi connectivity index (χ1n) is 6.19. The maximum Gasteiger partial charge on any atom is 0.0549 e. The van der Waals surface area contributed by atoms with Crippen molar-refractivity contribution in [3.8, 4) is 0 Å². The van der Waals surface area contributed by atoms with Gasteiger partial charge in [-0.2, -0.15) is 0 Å². The second-order valence-corrected chi connectivity index (χ2v) is 4.54. The van der Waals surface area contributed by atoms with Gasteiger partial charge in [0.15, 0.2) is 0 Å². The van der Waals surface area contributed by atoms with Crippen LogP contribution in [0, 0.1) is 5.92 Å². The molecule has 0 spiro atoms. The molecule has 0 aromatic heterocycles. The van der Waals surface area contributed by atoms with E-state index in [1.54, 1.807) is 0 Å². The lowest BCUT2D eigenvalue weighted by Gasteiger charge is -2.18. The highest BCUT2D eigenvalue weighted by molar-refractivity contribution is 4.86. The fraction of sp³-hybridized carbons (Fsp3) is 1.00. The Bertz CT molecular complexity index is 145. The molecule has 2 atom stereocenters. The van der Waals surface area contributed by atoms with Crippen molar-refractivity contribution in [2.45, 2.75) is 64.5 Å². The molecule has 0 radical (unpaired) electrons. The van der Waals surface area contributed by atoms with Gasteiger partial charge in [0.1, 0.15) is 0 Å². The van der Waals surface area contributed by atoms with Crippen LogP contribution in [0.3, 0.4) is 0 Å². The maximum absolute atomic E-state index is 9.41. The number of hydrogen-bond acceptors (Lipinski definition) is 2. The first kappa shape index (κ1) is 12.0. The van der Waals surface area contributed by atoms with Crippen molar-refractivity contribution in [2.24, 2.45) is 5.92 Å². The van der Waals surface area contributed by atoms with Crippen LogP contribution in [-0.2, 0) is 0 Å². The third-order valence-electron chi connectivity index (χ3n) is 3.15. The van der Waals surface area contributed by atoms with Gasteiger partial charge >= 0.3 is 0 Å². The van der Waals surface area contributed by atoms with E-state index in [-0.39, 0.29) is 6.10 Å². The van der Waals surface area contributed by atoms with Gasteiger partial charge in [0, 0.05) is 6.04 Å². The molecule has 2 N–H and O–H groups in total. The summed E-state index contributed by atoms with van der Waals surface area (Å²) in [4.78, 5) is 0. The van der Waals surface area contributed by atoms with E-state index in [9.17, 15) is 5.11 Å². The molecule has 0 aromatic carbocycles. The zero-order valence-corrected chi connectivity index (χ0v) is 9.63. The summed E-state index contributed by atoms with van der Waals surface area (Å²) in [5.41, 5.74) is 0. The molecule has 1 rings (SSSR count). The van der Waals surface area contributed by atoms with Gasteiger partial charge in [-0.1, -0.05) is 20.3 Å². The zero-order chi connectivity index (χ0) is 10.4. The summed E-state index contributed by atoms with van der Waals surface area (Å²) in [6.07, 6.45) is 7.07. The Balaban J connectivity index is 2.07. The fourth-order valence-corrected chi connectivity index (χ4v) is 1.95. The fourth-order valence-electron chi connectivity index (χ4n) is 1.95. The largest absolute Gasteiger partial charge is 0.393 e. The highest BCUT2D eigenvalue weighted by Gasteiger charge is 2.29. The summed E-state index contributed by atoms with van der Waals surface area (Å²) >= 11 is 0. The molecule has 0 heterocycles. The lowest BCUT2D eigenvalue weighted by molar-refractivity contribution is 0.157. The van der Waals surface area contributed by atoms with E-state index in [2.05, 4.69) is 12.2 Å². The lowest BCUT2D eigenvalue weighted by atomic mass is 10.1. The summed E-state index contributed by atoms with van der Waals surface area (Å²) < 4.78 is 0. The minimum atomic E-state index is -0.107. The standard InChI is InChI=1S/C12H25NO/c1-3-5-12(10-6-7-10)13-9-8-11(14)4-2/h10-14H,3-9H2,1-2H3. The normalized spacial score (nSPS) is 20.8. The molecule has 0 aromatic rings. The molecule has 0 bridgehead atoms. The minimum absolute atomic E-state index is 0.107. The molecule has 0 saturated heterocycles. The molecule has 1 aliphatic rings. The summed E-state index contributed by atoms with van der Waals surface area (Å²) in [6, 6.07) is 0.726. The van der Waals surface area contributed by atoms with Gasteiger partial charge in [-0.25, -0.2) is 0 Å². The number of nitrogens with one attached hydrogen (secondary N) is 1. The van der Waals surface area contributed by atoms with Crippen molar-refractivity contribution >= 4 is 0 Å². The van der Waals surface area contributed by atoms with Crippen LogP contribution in [0.25, 0.3) is 0 Å².